The molecule has 7 nitrogen and oxygen atoms in total. The van der Waals surface area contributed by atoms with Gasteiger partial charge in [-0.1, -0.05) is 6.07 Å². The lowest BCUT2D eigenvalue weighted by Crippen LogP contribution is -2.52. The van der Waals surface area contributed by atoms with Gasteiger partial charge in [0.2, 0.25) is 5.91 Å². The fourth-order valence-corrected chi connectivity index (χ4v) is 2.76. The Kier molecular flexibility index (Phi) is 5.41. The molecule has 0 aliphatic carbocycles. The third-order valence-electron chi connectivity index (χ3n) is 4.18. The first kappa shape index (κ1) is 17.1. The molecule has 0 bridgehead atoms. The van der Waals surface area contributed by atoms with Crippen molar-refractivity contribution in [3.8, 4) is 0 Å². The van der Waals surface area contributed by atoms with E-state index in [1.165, 1.54) is 6.92 Å². The summed E-state index contributed by atoms with van der Waals surface area (Å²) in [5.41, 5.74) is 1.33. The van der Waals surface area contributed by atoms with Crippen molar-refractivity contribution in [2.24, 2.45) is 7.05 Å². The number of rotatable bonds is 3. The SMILES string of the molecule is CC(=O)NC1CCCN(C(=O)NCc2ccc(C)n(C)c2=O)C1. The summed E-state index contributed by atoms with van der Waals surface area (Å²) in [6.07, 6.45) is 1.73. The topological polar surface area (TPSA) is 83.4 Å². The van der Waals surface area contributed by atoms with E-state index in [1.807, 2.05) is 13.0 Å². The summed E-state index contributed by atoms with van der Waals surface area (Å²) in [6.45, 7) is 4.70. The van der Waals surface area contributed by atoms with Crippen LogP contribution in [0.15, 0.2) is 16.9 Å². The summed E-state index contributed by atoms with van der Waals surface area (Å²) in [6, 6.07) is 3.40. The van der Waals surface area contributed by atoms with E-state index in [-0.39, 0.29) is 30.1 Å². The number of aryl methyl sites for hydroxylation is 1. The molecular formula is C16H24N4O3. The Hall–Kier alpha value is -2.31. The smallest absolute Gasteiger partial charge is 0.317 e. The monoisotopic (exact) mass is 320 g/mol. The summed E-state index contributed by atoms with van der Waals surface area (Å²) >= 11 is 0. The third kappa shape index (κ3) is 4.34. The summed E-state index contributed by atoms with van der Waals surface area (Å²) in [4.78, 5) is 37.2. The van der Waals surface area contributed by atoms with Crippen LogP contribution in [-0.2, 0) is 18.4 Å². The number of pyridine rings is 1. The van der Waals surface area contributed by atoms with E-state index in [0.717, 1.165) is 18.5 Å². The molecule has 3 amide bonds. The molecule has 1 aliphatic rings. The van der Waals surface area contributed by atoms with Crippen molar-refractivity contribution in [1.29, 1.82) is 0 Å². The van der Waals surface area contributed by atoms with E-state index >= 15 is 0 Å². The average molecular weight is 320 g/mol. The van der Waals surface area contributed by atoms with Gasteiger partial charge >= 0.3 is 6.03 Å². The molecular weight excluding hydrogens is 296 g/mol. The predicted molar refractivity (Wildman–Crippen MR) is 87.1 cm³/mol. The van der Waals surface area contributed by atoms with Crippen molar-refractivity contribution in [3.05, 3.63) is 33.7 Å². The summed E-state index contributed by atoms with van der Waals surface area (Å²) in [5, 5.41) is 5.64. The molecule has 23 heavy (non-hydrogen) atoms. The van der Waals surface area contributed by atoms with Gasteiger partial charge in [-0.25, -0.2) is 4.79 Å². The van der Waals surface area contributed by atoms with E-state index < -0.39 is 0 Å². The lowest BCUT2D eigenvalue weighted by molar-refractivity contribution is -0.119. The Morgan fingerprint density at radius 3 is 2.78 bits per heavy atom. The van der Waals surface area contributed by atoms with Gasteiger partial charge in [0.05, 0.1) is 0 Å². The maximum Gasteiger partial charge on any atom is 0.317 e. The highest BCUT2D eigenvalue weighted by Crippen LogP contribution is 2.10. The number of amides is 3. The largest absolute Gasteiger partial charge is 0.352 e. The van der Waals surface area contributed by atoms with Crippen molar-refractivity contribution >= 4 is 11.9 Å². The molecule has 1 aromatic heterocycles. The Bertz CT molecular complexity index is 653. The van der Waals surface area contributed by atoms with Gasteiger partial charge in [-0.3, -0.25) is 9.59 Å². The van der Waals surface area contributed by atoms with Crippen molar-refractivity contribution in [3.63, 3.8) is 0 Å². The van der Waals surface area contributed by atoms with Crippen LogP contribution in [0.2, 0.25) is 0 Å². The van der Waals surface area contributed by atoms with Crippen molar-refractivity contribution < 1.29 is 9.59 Å². The standard InChI is InChI=1S/C16H24N4O3/c1-11-6-7-13(15(22)19(11)3)9-17-16(23)20-8-4-5-14(10-20)18-12(2)21/h6-7,14H,4-5,8-10H2,1-3H3,(H,17,23)(H,18,21). The second-order valence-corrected chi connectivity index (χ2v) is 6.01. The number of carbonyl (C=O) groups excluding carboxylic acids is 2. The minimum Gasteiger partial charge on any atom is -0.352 e. The van der Waals surface area contributed by atoms with Crippen LogP contribution in [0.3, 0.4) is 0 Å². The fraction of sp³-hybridized carbons (Fsp3) is 0.562. The van der Waals surface area contributed by atoms with Crippen molar-refractivity contribution in [1.82, 2.24) is 20.1 Å². The molecule has 1 atom stereocenters. The van der Waals surface area contributed by atoms with Gasteiger partial charge in [0, 0.05) is 50.9 Å². The van der Waals surface area contributed by atoms with Crippen LogP contribution in [-0.4, -0.2) is 40.5 Å². The maximum atomic E-state index is 12.3. The molecule has 1 aliphatic heterocycles. The van der Waals surface area contributed by atoms with E-state index in [0.29, 0.717) is 18.7 Å². The van der Waals surface area contributed by atoms with E-state index in [2.05, 4.69) is 10.6 Å². The number of hydrogen-bond donors (Lipinski definition) is 2. The number of piperidine rings is 1. The fourth-order valence-electron chi connectivity index (χ4n) is 2.76. The number of hydrogen-bond acceptors (Lipinski definition) is 3. The minimum absolute atomic E-state index is 0.000700. The summed E-state index contributed by atoms with van der Waals surface area (Å²) < 4.78 is 1.56. The number of nitrogens with zero attached hydrogens (tertiary/aromatic N) is 2. The summed E-state index contributed by atoms with van der Waals surface area (Å²) in [5.74, 6) is -0.0830. The van der Waals surface area contributed by atoms with E-state index in [4.69, 9.17) is 0 Å². The van der Waals surface area contributed by atoms with Crippen LogP contribution in [0.4, 0.5) is 4.79 Å². The minimum atomic E-state index is -0.206. The molecule has 2 N–H and O–H groups in total. The lowest BCUT2D eigenvalue weighted by Gasteiger charge is -2.33. The van der Waals surface area contributed by atoms with Gasteiger partial charge in [-0.2, -0.15) is 0 Å². The first-order valence-electron chi connectivity index (χ1n) is 7.84. The molecule has 1 aromatic rings. The molecule has 2 heterocycles. The van der Waals surface area contributed by atoms with Crippen LogP contribution in [0, 0.1) is 6.92 Å². The number of aromatic nitrogens is 1. The van der Waals surface area contributed by atoms with Gasteiger partial charge in [-0.15, -0.1) is 0 Å². The number of likely N-dealkylation sites (tertiary alicyclic amines) is 1. The zero-order chi connectivity index (χ0) is 17.0. The first-order chi connectivity index (χ1) is 10.9. The van der Waals surface area contributed by atoms with Crippen LogP contribution < -0.4 is 16.2 Å². The molecule has 0 aromatic carbocycles. The molecule has 7 heteroatoms. The van der Waals surface area contributed by atoms with Crippen LogP contribution in [0.1, 0.15) is 31.0 Å². The van der Waals surface area contributed by atoms with Crippen LogP contribution >= 0.6 is 0 Å². The highest BCUT2D eigenvalue weighted by Gasteiger charge is 2.24. The van der Waals surface area contributed by atoms with Crippen molar-refractivity contribution in [2.75, 3.05) is 13.1 Å². The highest BCUT2D eigenvalue weighted by molar-refractivity contribution is 5.75. The van der Waals surface area contributed by atoms with Crippen LogP contribution in [0.5, 0.6) is 0 Å². The zero-order valence-corrected chi connectivity index (χ0v) is 13.9. The Balaban J connectivity index is 1.93. The van der Waals surface area contributed by atoms with E-state index in [9.17, 15) is 14.4 Å². The van der Waals surface area contributed by atoms with Gasteiger partial charge in [0.25, 0.3) is 5.56 Å². The molecule has 0 spiro atoms. The molecule has 126 valence electrons. The lowest BCUT2D eigenvalue weighted by atomic mass is 10.1. The number of carbonyl (C=O) groups is 2. The second-order valence-electron chi connectivity index (χ2n) is 6.01. The first-order valence-corrected chi connectivity index (χ1v) is 7.84. The predicted octanol–water partition coefficient (Wildman–Crippen LogP) is 0.504. The Labute approximate surface area is 135 Å². The molecule has 0 saturated carbocycles. The maximum absolute atomic E-state index is 12.3. The quantitative estimate of drug-likeness (QED) is 0.851. The Morgan fingerprint density at radius 1 is 1.35 bits per heavy atom. The normalized spacial score (nSPS) is 17.7. The average Bonchev–Trinajstić information content (AvgIpc) is 2.51. The van der Waals surface area contributed by atoms with Crippen molar-refractivity contribution in [2.45, 2.75) is 39.3 Å². The summed E-state index contributed by atoms with van der Waals surface area (Å²) in [7, 11) is 1.71. The zero-order valence-electron chi connectivity index (χ0n) is 13.9. The molecule has 1 fully saturated rings. The van der Waals surface area contributed by atoms with Crippen LogP contribution in [0.25, 0.3) is 0 Å². The van der Waals surface area contributed by atoms with Gasteiger partial charge in [-0.05, 0) is 25.8 Å². The molecule has 0 radical (unpaired) electrons. The second kappa shape index (κ2) is 7.30. The van der Waals surface area contributed by atoms with Gasteiger partial charge in [0.15, 0.2) is 0 Å². The molecule has 1 saturated heterocycles. The number of nitrogens with one attached hydrogen (secondary N) is 2. The third-order valence-corrected chi connectivity index (χ3v) is 4.18. The van der Waals surface area contributed by atoms with Gasteiger partial charge < -0.3 is 20.1 Å². The highest BCUT2D eigenvalue weighted by atomic mass is 16.2. The molecule has 1 unspecified atom stereocenters. The molecule has 2 rings (SSSR count). The Morgan fingerprint density at radius 2 is 2.09 bits per heavy atom. The van der Waals surface area contributed by atoms with Gasteiger partial charge in [0.1, 0.15) is 0 Å². The van der Waals surface area contributed by atoms with E-state index in [1.54, 1.807) is 22.6 Å². The number of urea groups is 1.